The van der Waals surface area contributed by atoms with Crippen molar-refractivity contribution in [1.29, 1.82) is 0 Å². The number of hydrogen-bond donors (Lipinski definition) is 3. The molecule has 3 aliphatic heterocycles. The Morgan fingerprint density at radius 3 is 2.46 bits per heavy atom. The van der Waals surface area contributed by atoms with Gasteiger partial charge in [0.25, 0.3) is 11.8 Å². The number of allylic oxidation sites excluding steroid dienone is 1. The van der Waals surface area contributed by atoms with E-state index in [1.165, 1.54) is 12.3 Å². The van der Waals surface area contributed by atoms with Crippen LogP contribution in [0.4, 0.5) is 18.9 Å². The first kappa shape index (κ1) is 41.2. The number of hydrogen-bond acceptors (Lipinski definition) is 10. The number of piperidine rings is 1. The lowest BCUT2D eigenvalue weighted by molar-refractivity contribution is -0.125. The summed E-state index contributed by atoms with van der Waals surface area (Å²) in [5.41, 5.74) is 0.583. The number of H-pyrrole nitrogens is 1. The van der Waals surface area contributed by atoms with Gasteiger partial charge in [0.15, 0.2) is 5.82 Å². The Labute approximate surface area is 346 Å². The minimum atomic E-state index is -4.38. The maximum Gasteiger partial charge on any atom is 0.301 e. The normalized spacial score (nSPS) is 18.1. The molecule has 316 valence electrons. The Balaban J connectivity index is 0.847. The lowest BCUT2D eigenvalue weighted by atomic mass is 10.00. The van der Waals surface area contributed by atoms with Crippen LogP contribution in [0.1, 0.15) is 55.9 Å². The highest BCUT2D eigenvalue weighted by atomic mass is 32.2. The summed E-state index contributed by atoms with van der Waals surface area (Å²) in [6.07, 6.45) is 2.17. The van der Waals surface area contributed by atoms with Crippen molar-refractivity contribution in [2.45, 2.75) is 31.5 Å². The number of benzene rings is 3. The van der Waals surface area contributed by atoms with Crippen LogP contribution in [0.2, 0.25) is 0 Å². The van der Waals surface area contributed by atoms with E-state index in [1.807, 2.05) is 4.72 Å². The number of halogens is 3. The molecular weight excluding hydrogens is 822 g/mol. The van der Waals surface area contributed by atoms with Crippen molar-refractivity contribution in [3.8, 4) is 22.6 Å². The number of carbonyl (C=O) groups is 4. The average Bonchev–Trinajstić information content (AvgIpc) is 3.95. The van der Waals surface area contributed by atoms with E-state index in [1.54, 1.807) is 48.7 Å². The van der Waals surface area contributed by atoms with Crippen molar-refractivity contribution >= 4 is 50.4 Å². The fourth-order valence-corrected chi connectivity index (χ4v) is 8.66. The number of alkyl halides is 1. The summed E-state index contributed by atoms with van der Waals surface area (Å²) in [5.74, 6) is -4.56. The topological polar surface area (TPSA) is 189 Å². The summed E-state index contributed by atoms with van der Waals surface area (Å²) in [5, 5.41) is 2.87. The number of anilines is 1. The monoisotopic (exact) mass is 858 g/mol. The molecule has 3 aliphatic rings. The van der Waals surface area contributed by atoms with E-state index in [-0.39, 0.29) is 79.3 Å². The molecule has 61 heavy (non-hydrogen) atoms. The van der Waals surface area contributed by atoms with Gasteiger partial charge in [0.2, 0.25) is 11.7 Å². The van der Waals surface area contributed by atoms with Crippen LogP contribution in [0.3, 0.4) is 0 Å². The van der Waals surface area contributed by atoms with Gasteiger partial charge in [-0.05, 0) is 67.3 Å². The number of fused-ring (bicyclic) bond motifs is 2. The van der Waals surface area contributed by atoms with E-state index >= 15 is 8.78 Å². The quantitative estimate of drug-likeness (QED) is 0.0708. The number of carbonyl (C=O) groups excluding carboxylic acids is 4. The second-order valence-electron chi connectivity index (χ2n) is 14.4. The summed E-state index contributed by atoms with van der Waals surface area (Å²) in [6, 6.07) is 14.0. The number of nitrogens with zero attached hydrogens (tertiary/aromatic N) is 3. The average molecular weight is 859 g/mol. The van der Waals surface area contributed by atoms with E-state index in [4.69, 9.17) is 14.2 Å². The third-order valence-electron chi connectivity index (χ3n) is 10.5. The molecule has 15 nitrogen and oxygen atoms in total. The molecule has 19 heteroatoms. The number of ketones is 1. The van der Waals surface area contributed by atoms with Crippen LogP contribution in [-0.4, -0.2) is 103 Å². The summed E-state index contributed by atoms with van der Waals surface area (Å²) in [4.78, 5) is 60.7. The molecular formula is C42H37F3N6O9S. The highest BCUT2D eigenvalue weighted by Crippen LogP contribution is 2.35. The van der Waals surface area contributed by atoms with Gasteiger partial charge in [-0.2, -0.15) is 12.7 Å². The first-order valence-electron chi connectivity index (χ1n) is 19.2. The molecule has 2 aromatic heterocycles. The highest BCUT2D eigenvalue weighted by molar-refractivity contribution is 7.90. The molecule has 8 rings (SSSR count). The largest absolute Gasteiger partial charge is 0.491 e. The van der Waals surface area contributed by atoms with Gasteiger partial charge in [-0.3, -0.25) is 28.8 Å². The van der Waals surface area contributed by atoms with Crippen LogP contribution in [-0.2, 0) is 19.7 Å². The molecule has 0 radical (unpaired) electrons. The lowest BCUT2D eigenvalue weighted by Gasteiger charge is -2.29. The van der Waals surface area contributed by atoms with Crippen molar-refractivity contribution in [1.82, 2.24) is 24.5 Å². The molecule has 5 heterocycles. The Hall–Kier alpha value is -6.57. The number of nitrogens with one attached hydrogen (secondary N) is 3. The molecule has 2 fully saturated rings. The second-order valence-corrected chi connectivity index (χ2v) is 16.1. The van der Waals surface area contributed by atoms with Gasteiger partial charge >= 0.3 is 10.2 Å². The third kappa shape index (κ3) is 8.18. The zero-order valence-corrected chi connectivity index (χ0v) is 33.0. The van der Waals surface area contributed by atoms with Gasteiger partial charge in [-0.1, -0.05) is 24.8 Å². The number of imide groups is 1. The predicted molar refractivity (Wildman–Crippen MR) is 214 cm³/mol. The van der Waals surface area contributed by atoms with Crippen LogP contribution >= 0.6 is 0 Å². The standard InChI is InChI=1S/C42H37F3N6O9S/c1-23-5-12-33(40(53)48-23)51-41(54)28-3-2-4-34(35(28)42(51)55)60-18-16-58-15-17-59-27-8-6-24(7-9-27)25-19-29-30(21-47-39(29)46-20-25)38(52)36-31(44)10-11-32(37(36)45)49-61(56,57)50-14-13-26(43)22-50/h2-4,6-11,19-21,26,33,49H,1,5,12-18,22H2,(H,46,47)(H,48,53)/t26-,33?/m1/s1. The van der Waals surface area contributed by atoms with Crippen molar-refractivity contribution in [2.75, 3.05) is 44.2 Å². The minimum Gasteiger partial charge on any atom is -0.491 e. The van der Waals surface area contributed by atoms with E-state index in [9.17, 15) is 32.0 Å². The Morgan fingerprint density at radius 1 is 0.951 bits per heavy atom. The third-order valence-corrected chi connectivity index (χ3v) is 12.0. The molecule has 0 bridgehead atoms. The summed E-state index contributed by atoms with van der Waals surface area (Å²) in [6.45, 7) is 3.82. The predicted octanol–water partition coefficient (Wildman–Crippen LogP) is 5.30. The fourth-order valence-electron chi connectivity index (χ4n) is 7.39. The van der Waals surface area contributed by atoms with Crippen LogP contribution in [0, 0.1) is 11.6 Å². The highest BCUT2D eigenvalue weighted by Gasteiger charge is 2.45. The van der Waals surface area contributed by atoms with Gasteiger partial charge < -0.3 is 24.5 Å². The van der Waals surface area contributed by atoms with E-state index in [0.29, 0.717) is 29.0 Å². The molecule has 0 aliphatic carbocycles. The summed E-state index contributed by atoms with van der Waals surface area (Å²) >= 11 is 0. The summed E-state index contributed by atoms with van der Waals surface area (Å²) < 4.78 is 89.9. The van der Waals surface area contributed by atoms with Gasteiger partial charge in [0.05, 0.1) is 35.6 Å². The summed E-state index contributed by atoms with van der Waals surface area (Å²) in [7, 11) is -4.38. The SMILES string of the molecule is C=C1CCC(N2C(=O)c3cccc(OCCOCCOc4ccc(-c5cnc6[nH]cc(C(=O)c7c(F)ccc(NS(=O)(=O)N8CC[C@@H](F)C8)c7F)c6c5)cc4)c3C2=O)C(=O)N1. The smallest absolute Gasteiger partial charge is 0.301 e. The second kappa shape index (κ2) is 16.8. The van der Waals surface area contributed by atoms with Crippen molar-refractivity contribution in [3.05, 3.63) is 119 Å². The van der Waals surface area contributed by atoms with Crippen LogP contribution in [0.25, 0.3) is 22.2 Å². The molecule has 3 amide bonds. The fraction of sp³-hybridized carbons (Fsp3) is 0.262. The zero-order chi connectivity index (χ0) is 43.0. The molecule has 2 atom stereocenters. The molecule has 2 saturated heterocycles. The Morgan fingerprint density at radius 2 is 1.72 bits per heavy atom. The minimum absolute atomic E-state index is 0.0148. The van der Waals surface area contributed by atoms with Crippen molar-refractivity contribution in [3.63, 3.8) is 0 Å². The number of aromatic nitrogens is 2. The maximum absolute atomic E-state index is 15.7. The van der Waals surface area contributed by atoms with Crippen LogP contribution in [0.5, 0.6) is 11.5 Å². The molecule has 0 saturated carbocycles. The first-order chi connectivity index (χ1) is 29.3. The molecule has 3 aromatic carbocycles. The van der Waals surface area contributed by atoms with Crippen LogP contribution in [0.15, 0.2) is 85.3 Å². The lowest BCUT2D eigenvalue weighted by Crippen LogP contribution is -2.51. The molecule has 1 unspecified atom stereocenters. The van der Waals surface area contributed by atoms with E-state index in [2.05, 4.69) is 21.9 Å². The molecule has 3 N–H and O–H groups in total. The van der Waals surface area contributed by atoms with Crippen molar-refractivity contribution < 1.29 is 55.0 Å². The number of rotatable bonds is 15. The number of aromatic amines is 1. The van der Waals surface area contributed by atoms with Gasteiger partial charge in [0, 0.05) is 47.7 Å². The van der Waals surface area contributed by atoms with Gasteiger partial charge in [-0.15, -0.1) is 0 Å². The van der Waals surface area contributed by atoms with Gasteiger partial charge in [-0.25, -0.2) is 18.2 Å². The molecule has 5 aromatic rings. The van der Waals surface area contributed by atoms with Crippen LogP contribution < -0.4 is 19.5 Å². The number of pyridine rings is 1. The Kier molecular flexibility index (Phi) is 11.4. The maximum atomic E-state index is 15.7. The number of amides is 3. The Bertz CT molecular complexity index is 2710. The van der Waals surface area contributed by atoms with Crippen molar-refractivity contribution in [2.24, 2.45) is 0 Å². The number of ether oxygens (including phenoxy) is 3. The zero-order valence-electron chi connectivity index (χ0n) is 32.2. The van der Waals surface area contributed by atoms with E-state index < -0.39 is 75.4 Å². The first-order valence-corrected chi connectivity index (χ1v) is 20.6. The van der Waals surface area contributed by atoms with Gasteiger partial charge in [0.1, 0.15) is 48.4 Å². The molecule has 0 spiro atoms. The van der Waals surface area contributed by atoms with E-state index in [0.717, 1.165) is 21.3 Å².